The summed E-state index contributed by atoms with van der Waals surface area (Å²) in [7, 11) is 0. The van der Waals surface area contributed by atoms with Crippen LogP contribution in [0.25, 0.3) is 0 Å². The van der Waals surface area contributed by atoms with Gasteiger partial charge in [0.25, 0.3) is 0 Å². The molecule has 0 unspecified atom stereocenters. The summed E-state index contributed by atoms with van der Waals surface area (Å²) in [6.45, 7) is 1.82. The van der Waals surface area contributed by atoms with Gasteiger partial charge in [-0.3, -0.25) is 4.79 Å². The first kappa shape index (κ1) is 11.6. The average molecular weight is 287 g/mol. The van der Waals surface area contributed by atoms with E-state index in [1.54, 1.807) is 6.07 Å². The highest BCUT2D eigenvalue weighted by Crippen LogP contribution is 2.52. The predicted molar refractivity (Wildman–Crippen MR) is 62.0 cm³/mol. The van der Waals surface area contributed by atoms with Gasteiger partial charge < -0.3 is 5.11 Å². The number of aliphatic carboxylic acids is 1. The molecule has 1 aliphatic rings. The lowest BCUT2D eigenvalue weighted by atomic mass is 9.89. The van der Waals surface area contributed by atoms with E-state index in [1.165, 1.54) is 6.07 Å². The zero-order chi connectivity index (χ0) is 11.9. The fraction of sp³-hybridized carbons (Fsp3) is 0.417. The van der Waals surface area contributed by atoms with Crippen LogP contribution in [0.15, 0.2) is 16.6 Å². The van der Waals surface area contributed by atoms with Crippen LogP contribution in [0, 0.1) is 12.7 Å². The Kier molecular flexibility index (Phi) is 2.78. The average Bonchev–Trinajstić information content (AvgIpc) is 2.94. The van der Waals surface area contributed by atoms with Gasteiger partial charge in [0.2, 0.25) is 0 Å². The Bertz CT molecular complexity index is 453. The molecule has 0 amide bonds. The van der Waals surface area contributed by atoms with Crippen molar-refractivity contribution in [2.24, 2.45) is 0 Å². The maximum absolute atomic E-state index is 13.3. The largest absolute Gasteiger partial charge is 0.481 e. The van der Waals surface area contributed by atoms with E-state index in [1.807, 2.05) is 6.92 Å². The SMILES string of the molecule is Cc1c(C2(CC(=O)O)CC2)ccc(F)c1Br. The number of benzene rings is 1. The third kappa shape index (κ3) is 1.86. The molecule has 0 bridgehead atoms. The molecule has 0 heterocycles. The second kappa shape index (κ2) is 3.84. The van der Waals surface area contributed by atoms with Gasteiger partial charge in [0.05, 0.1) is 10.9 Å². The summed E-state index contributed by atoms with van der Waals surface area (Å²) in [5, 5.41) is 8.88. The molecule has 0 saturated heterocycles. The van der Waals surface area contributed by atoms with Crippen molar-refractivity contribution in [3.63, 3.8) is 0 Å². The smallest absolute Gasteiger partial charge is 0.304 e. The normalized spacial score (nSPS) is 17.2. The number of hydrogen-bond acceptors (Lipinski definition) is 1. The van der Waals surface area contributed by atoms with Crippen LogP contribution in [0.2, 0.25) is 0 Å². The molecule has 1 aromatic rings. The zero-order valence-electron chi connectivity index (χ0n) is 8.89. The van der Waals surface area contributed by atoms with Crippen LogP contribution >= 0.6 is 15.9 Å². The van der Waals surface area contributed by atoms with E-state index >= 15 is 0 Å². The van der Waals surface area contributed by atoms with Gasteiger partial charge >= 0.3 is 5.97 Å². The molecule has 0 aromatic heterocycles. The molecule has 1 aliphatic carbocycles. The molecule has 1 aromatic carbocycles. The number of rotatable bonds is 3. The first-order valence-electron chi connectivity index (χ1n) is 5.13. The van der Waals surface area contributed by atoms with E-state index in [2.05, 4.69) is 15.9 Å². The molecular formula is C12H12BrFO2. The van der Waals surface area contributed by atoms with Gasteiger partial charge in [0.15, 0.2) is 0 Å². The Morgan fingerprint density at radius 3 is 2.69 bits per heavy atom. The Hall–Kier alpha value is -0.900. The fourth-order valence-electron chi connectivity index (χ4n) is 2.21. The molecule has 2 rings (SSSR count). The molecule has 1 N–H and O–H groups in total. The Balaban J connectivity index is 2.42. The van der Waals surface area contributed by atoms with Crippen molar-refractivity contribution in [1.82, 2.24) is 0 Å². The van der Waals surface area contributed by atoms with Crippen molar-refractivity contribution in [2.75, 3.05) is 0 Å². The maximum Gasteiger partial charge on any atom is 0.304 e. The first-order valence-corrected chi connectivity index (χ1v) is 5.92. The molecule has 86 valence electrons. The van der Waals surface area contributed by atoms with Crippen LogP contribution in [0.5, 0.6) is 0 Å². The van der Waals surface area contributed by atoms with Gasteiger partial charge in [-0.1, -0.05) is 6.07 Å². The molecule has 0 aliphatic heterocycles. The third-order valence-electron chi connectivity index (χ3n) is 3.25. The van der Waals surface area contributed by atoms with E-state index in [-0.39, 0.29) is 17.7 Å². The monoisotopic (exact) mass is 286 g/mol. The minimum Gasteiger partial charge on any atom is -0.481 e. The summed E-state index contributed by atoms with van der Waals surface area (Å²) >= 11 is 3.19. The summed E-state index contributed by atoms with van der Waals surface area (Å²) in [5.74, 6) is -1.09. The van der Waals surface area contributed by atoms with Gasteiger partial charge in [0.1, 0.15) is 5.82 Å². The topological polar surface area (TPSA) is 37.3 Å². The molecule has 0 atom stereocenters. The molecule has 1 fully saturated rings. The van der Waals surface area contributed by atoms with Crippen molar-refractivity contribution < 1.29 is 14.3 Å². The van der Waals surface area contributed by atoms with Gasteiger partial charge in [-0.15, -0.1) is 0 Å². The lowest BCUT2D eigenvalue weighted by Gasteiger charge is -2.17. The van der Waals surface area contributed by atoms with Crippen molar-refractivity contribution in [3.8, 4) is 0 Å². The number of halogens is 2. The van der Waals surface area contributed by atoms with E-state index in [9.17, 15) is 9.18 Å². The number of carboxylic acids is 1. The summed E-state index contributed by atoms with van der Waals surface area (Å²) in [4.78, 5) is 10.8. The molecule has 16 heavy (non-hydrogen) atoms. The van der Waals surface area contributed by atoms with E-state index < -0.39 is 5.97 Å². The van der Waals surface area contributed by atoms with Crippen molar-refractivity contribution >= 4 is 21.9 Å². The molecule has 0 radical (unpaired) electrons. The summed E-state index contributed by atoms with van der Waals surface area (Å²) < 4.78 is 13.7. The zero-order valence-corrected chi connectivity index (χ0v) is 10.5. The van der Waals surface area contributed by atoms with Crippen LogP contribution in [0.3, 0.4) is 0 Å². The minimum absolute atomic E-state index is 0.131. The number of carboxylic acid groups (broad SMARTS) is 1. The van der Waals surface area contributed by atoms with Crippen molar-refractivity contribution in [1.29, 1.82) is 0 Å². The highest BCUT2D eigenvalue weighted by molar-refractivity contribution is 9.10. The maximum atomic E-state index is 13.3. The lowest BCUT2D eigenvalue weighted by molar-refractivity contribution is -0.137. The molecule has 2 nitrogen and oxygen atoms in total. The predicted octanol–water partition coefficient (Wildman–Crippen LogP) is 3.40. The van der Waals surface area contributed by atoms with Gasteiger partial charge in [-0.2, -0.15) is 0 Å². The summed E-state index contributed by atoms with van der Waals surface area (Å²) in [6.07, 6.45) is 1.88. The van der Waals surface area contributed by atoms with Crippen LogP contribution in [-0.2, 0) is 10.2 Å². The summed E-state index contributed by atoms with van der Waals surface area (Å²) in [6, 6.07) is 3.11. The Morgan fingerprint density at radius 2 is 2.19 bits per heavy atom. The second-order valence-corrected chi connectivity index (χ2v) is 5.18. The second-order valence-electron chi connectivity index (χ2n) is 4.38. The van der Waals surface area contributed by atoms with Crippen molar-refractivity contribution in [2.45, 2.75) is 31.6 Å². The van der Waals surface area contributed by atoms with Gasteiger partial charge in [0, 0.05) is 5.41 Å². The number of carbonyl (C=O) groups is 1. The van der Waals surface area contributed by atoms with Crippen molar-refractivity contribution in [3.05, 3.63) is 33.5 Å². The van der Waals surface area contributed by atoms with E-state index in [0.29, 0.717) is 4.47 Å². The molecule has 4 heteroatoms. The summed E-state index contributed by atoms with van der Waals surface area (Å²) in [5.41, 5.74) is 1.52. The van der Waals surface area contributed by atoms with Crippen LogP contribution in [0.4, 0.5) is 4.39 Å². The highest BCUT2D eigenvalue weighted by atomic mass is 79.9. The Morgan fingerprint density at radius 1 is 1.56 bits per heavy atom. The van der Waals surface area contributed by atoms with Crippen LogP contribution in [0.1, 0.15) is 30.4 Å². The van der Waals surface area contributed by atoms with Gasteiger partial charge in [-0.25, -0.2) is 4.39 Å². The quantitative estimate of drug-likeness (QED) is 0.925. The molecule has 1 saturated carbocycles. The minimum atomic E-state index is -0.794. The highest BCUT2D eigenvalue weighted by Gasteiger charge is 2.47. The lowest BCUT2D eigenvalue weighted by Crippen LogP contribution is -2.14. The van der Waals surface area contributed by atoms with E-state index in [0.717, 1.165) is 24.0 Å². The van der Waals surface area contributed by atoms with Crippen LogP contribution in [-0.4, -0.2) is 11.1 Å². The molecular weight excluding hydrogens is 275 g/mol. The fourth-order valence-corrected chi connectivity index (χ4v) is 2.55. The van der Waals surface area contributed by atoms with Crippen LogP contribution < -0.4 is 0 Å². The standard InChI is InChI=1S/C12H12BrFO2/c1-7-8(2-3-9(14)11(7)13)12(4-5-12)6-10(15)16/h2-3H,4-6H2,1H3,(H,15,16). The number of hydrogen-bond donors (Lipinski definition) is 1. The van der Waals surface area contributed by atoms with Gasteiger partial charge in [-0.05, 0) is 52.9 Å². The molecule has 0 spiro atoms. The Labute approximate surface area is 102 Å². The first-order chi connectivity index (χ1) is 7.46. The van der Waals surface area contributed by atoms with E-state index in [4.69, 9.17) is 5.11 Å². The third-order valence-corrected chi connectivity index (χ3v) is 4.23.